The monoisotopic (exact) mass is 338 g/mol. The highest BCUT2D eigenvalue weighted by Crippen LogP contribution is 2.54. The molecule has 0 bridgehead atoms. The van der Waals surface area contributed by atoms with E-state index in [1.165, 1.54) is 5.57 Å². The summed E-state index contributed by atoms with van der Waals surface area (Å²) < 4.78 is 11.1. The van der Waals surface area contributed by atoms with Gasteiger partial charge in [-0.3, -0.25) is 4.79 Å². The van der Waals surface area contributed by atoms with Crippen LogP contribution in [-0.2, 0) is 14.3 Å². The second-order valence-electron chi connectivity index (χ2n) is 7.17. The van der Waals surface area contributed by atoms with Crippen molar-refractivity contribution in [3.63, 3.8) is 0 Å². The Bertz CT molecular complexity index is 761. The number of hydrogen-bond donors (Lipinski definition) is 0. The van der Waals surface area contributed by atoms with Crippen LogP contribution in [-0.4, -0.2) is 24.6 Å². The van der Waals surface area contributed by atoms with Gasteiger partial charge in [-0.25, -0.2) is 4.79 Å². The van der Waals surface area contributed by atoms with Crippen molar-refractivity contribution in [2.45, 2.75) is 38.7 Å². The molecule has 3 atom stereocenters. The molecule has 3 aliphatic rings. The molecule has 25 heavy (non-hydrogen) atoms. The number of hydrogen-bond acceptors (Lipinski definition) is 4. The fraction of sp³-hybridized carbons (Fsp3) is 0.429. The Balaban J connectivity index is 1.55. The van der Waals surface area contributed by atoms with Crippen LogP contribution in [0.2, 0.25) is 0 Å². The third-order valence-electron chi connectivity index (χ3n) is 5.92. The fourth-order valence-electron chi connectivity index (χ4n) is 4.52. The van der Waals surface area contributed by atoms with Gasteiger partial charge < -0.3 is 9.47 Å². The van der Waals surface area contributed by atoms with Gasteiger partial charge in [-0.15, -0.1) is 0 Å². The average Bonchev–Trinajstić information content (AvgIpc) is 3.02. The van der Waals surface area contributed by atoms with Crippen molar-refractivity contribution >= 4 is 11.9 Å². The largest absolute Gasteiger partial charge is 0.465 e. The van der Waals surface area contributed by atoms with E-state index in [0.29, 0.717) is 18.6 Å². The zero-order chi connectivity index (χ0) is 17.4. The van der Waals surface area contributed by atoms with E-state index in [2.05, 4.69) is 12.2 Å². The van der Waals surface area contributed by atoms with Gasteiger partial charge in [-0.1, -0.05) is 41.5 Å². The van der Waals surface area contributed by atoms with Crippen LogP contribution >= 0.6 is 0 Å². The molecule has 130 valence electrons. The van der Waals surface area contributed by atoms with Crippen molar-refractivity contribution in [1.82, 2.24) is 0 Å². The van der Waals surface area contributed by atoms with E-state index in [9.17, 15) is 9.59 Å². The van der Waals surface area contributed by atoms with Crippen LogP contribution in [0, 0.1) is 11.3 Å². The van der Waals surface area contributed by atoms with Crippen LogP contribution in [0.4, 0.5) is 0 Å². The van der Waals surface area contributed by atoms with Gasteiger partial charge >= 0.3 is 11.9 Å². The number of carbonyl (C=O) groups is 2. The number of carbonyl (C=O) groups excluding carboxylic acids is 2. The first kappa shape index (κ1) is 16.1. The first-order chi connectivity index (χ1) is 12.1. The van der Waals surface area contributed by atoms with Gasteiger partial charge in [0.05, 0.1) is 17.6 Å². The minimum atomic E-state index is -0.554. The summed E-state index contributed by atoms with van der Waals surface area (Å²) in [7, 11) is 0. The summed E-state index contributed by atoms with van der Waals surface area (Å²) in [5.74, 6) is -0.328. The molecular weight excluding hydrogens is 316 g/mol. The maximum atomic E-state index is 12.6. The SMILES string of the molecule is CC1=CC=C2CCC(OC(=O)c3ccccc3)C[C@@H]2[C@]12CCOC2=O. The Labute approximate surface area is 147 Å². The molecule has 0 N–H and O–H groups in total. The fourth-order valence-corrected chi connectivity index (χ4v) is 4.52. The van der Waals surface area contributed by atoms with E-state index in [4.69, 9.17) is 9.47 Å². The summed E-state index contributed by atoms with van der Waals surface area (Å²) in [5, 5.41) is 0. The van der Waals surface area contributed by atoms with Gasteiger partial charge in [-0.2, -0.15) is 0 Å². The van der Waals surface area contributed by atoms with E-state index in [1.54, 1.807) is 12.1 Å². The number of fused-ring (bicyclic) bond motifs is 2. The molecule has 0 amide bonds. The topological polar surface area (TPSA) is 52.6 Å². The Kier molecular flexibility index (Phi) is 3.98. The van der Waals surface area contributed by atoms with Gasteiger partial charge in [0.25, 0.3) is 0 Å². The van der Waals surface area contributed by atoms with E-state index < -0.39 is 5.41 Å². The molecule has 1 saturated heterocycles. The number of ether oxygens (including phenoxy) is 2. The molecule has 0 radical (unpaired) electrons. The molecule has 4 rings (SSSR count). The maximum absolute atomic E-state index is 12.6. The molecule has 4 nitrogen and oxygen atoms in total. The molecule has 1 aliphatic heterocycles. The van der Waals surface area contributed by atoms with Crippen molar-refractivity contribution in [3.05, 3.63) is 59.2 Å². The third-order valence-corrected chi connectivity index (χ3v) is 5.92. The Hall–Kier alpha value is -2.36. The Morgan fingerprint density at radius 1 is 1.24 bits per heavy atom. The van der Waals surface area contributed by atoms with Gasteiger partial charge in [-0.05, 0) is 38.3 Å². The van der Waals surface area contributed by atoms with Crippen molar-refractivity contribution in [2.75, 3.05) is 6.61 Å². The summed E-state index contributed by atoms with van der Waals surface area (Å²) in [6.07, 6.45) is 7.11. The minimum Gasteiger partial charge on any atom is -0.465 e. The summed E-state index contributed by atoms with van der Waals surface area (Å²) >= 11 is 0. The number of allylic oxidation sites excluding steroid dienone is 3. The minimum absolute atomic E-state index is 0.0785. The molecular formula is C21H22O4. The summed E-state index contributed by atoms with van der Waals surface area (Å²) in [5.41, 5.74) is 2.37. The standard InChI is InChI=1S/C21H22O4/c1-14-7-8-15-9-10-17(25-19(22)16-5-3-2-4-6-16)13-18(15)21(14)11-12-24-20(21)23/h2-8,17-18H,9-13H2,1H3/t17?,18-,21-/m0/s1. The number of cyclic esters (lactones) is 1. The Morgan fingerprint density at radius 3 is 2.76 bits per heavy atom. The van der Waals surface area contributed by atoms with Crippen LogP contribution < -0.4 is 0 Å². The third kappa shape index (κ3) is 2.60. The zero-order valence-electron chi connectivity index (χ0n) is 14.4. The molecule has 4 heteroatoms. The van der Waals surface area contributed by atoms with Gasteiger partial charge in [0.1, 0.15) is 6.10 Å². The zero-order valence-corrected chi connectivity index (χ0v) is 14.4. The first-order valence-electron chi connectivity index (χ1n) is 8.92. The van der Waals surface area contributed by atoms with E-state index in [-0.39, 0.29) is 24.0 Å². The van der Waals surface area contributed by atoms with Crippen molar-refractivity contribution < 1.29 is 19.1 Å². The van der Waals surface area contributed by atoms with Crippen molar-refractivity contribution in [1.29, 1.82) is 0 Å². The predicted octanol–water partition coefficient (Wildman–Crippen LogP) is 3.83. The highest BCUT2D eigenvalue weighted by molar-refractivity contribution is 5.89. The Morgan fingerprint density at radius 2 is 2.04 bits per heavy atom. The molecule has 1 saturated carbocycles. The van der Waals surface area contributed by atoms with Crippen LogP contribution in [0.3, 0.4) is 0 Å². The number of benzene rings is 1. The normalized spacial score (nSPS) is 31.0. The van der Waals surface area contributed by atoms with Crippen LogP contribution in [0.5, 0.6) is 0 Å². The van der Waals surface area contributed by atoms with Crippen LogP contribution in [0.1, 0.15) is 43.0 Å². The number of esters is 2. The predicted molar refractivity (Wildman–Crippen MR) is 92.8 cm³/mol. The smallest absolute Gasteiger partial charge is 0.338 e. The molecule has 1 heterocycles. The summed E-state index contributed by atoms with van der Waals surface area (Å²) in [6.45, 7) is 2.49. The summed E-state index contributed by atoms with van der Waals surface area (Å²) in [4.78, 5) is 24.9. The molecule has 2 fully saturated rings. The number of rotatable bonds is 2. The lowest BCUT2D eigenvalue weighted by atomic mass is 9.59. The lowest BCUT2D eigenvalue weighted by molar-refractivity contribution is -0.147. The van der Waals surface area contributed by atoms with Gasteiger partial charge in [0.15, 0.2) is 0 Å². The molecule has 0 aromatic heterocycles. The second kappa shape index (κ2) is 6.17. The maximum Gasteiger partial charge on any atom is 0.338 e. The van der Waals surface area contributed by atoms with Crippen molar-refractivity contribution in [2.24, 2.45) is 11.3 Å². The summed E-state index contributed by atoms with van der Waals surface area (Å²) in [6, 6.07) is 9.06. The molecule has 2 aliphatic carbocycles. The van der Waals surface area contributed by atoms with E-state index in [1.807, 2.05) is 25.1 Å². The van der Waals surface area contributed by atoms with Crippen molar-refractivity contribution in [3.8, 4) is 0 Å². The molecule has 1 aromatic rings. The van der Waals surface area contributed by atoms with E-state index in [0.717, 1.165) is 24.8 Å². The van der Waals surface area contributed by atoms with Crippen LogP contribution in [0.25, 0.3) is 0 Å². The van der Waals surface area contributed by atoms with E-state index >= 15 is 0 Å². The lowest BCUT2D eigenvalue weighted by Gasteiger charge is -2.43. The van der Waals surface area contributed by atoms with Gasteiger partial charge in [0.2, 0.25) is 0 Å². The quantitative estimate of drug-likeness (QED) is 0.769. The highest BCUT2D eigenvalue weighted by atomic mass is 16.5. The second-order valence-corrected chi connectivity index (χ2v) is 7.17. The highest BCUT2D eigenvalue weighted by Gasteiger charge is 2.55. The molecule has 1 unspecified atom stereocenters. The first-order valence-corrected chi connectivity index (χ1v) is 8.92. The lowest BCUT2D eigenvalue weighted by Crippen LogP contribution is -2.43. The molecule has 1 aromatic carbocycles. The average molecular weight is 338 g/mol. The van der Waals surface area contributed by atoms with Gasteiger partial charge in [0, 0.05) is 12.3 Å². The molecule has 1 spiro atoms. The van der Waals surface area contributed by atoms with Crippen LogP contribution in [0.15, 0.2) is 53.6 Å².